The van der Waals surface area contributed by atoms with Gasteiger partial charge in [-0.3, -0.25) is 0 Å². The highest BCUT2D eigenvalue weighted by Crippen LogP contribution is 2.17. The Bertz CT molecular complexity index is 264. The molecule has 0 aliphatic heterocycles. The summed E-state index contributed by atoms with van der Waals surface area (Å²) in [5.74, 6) is 0. The molecule has 0 spiro atoms. The van der Waals surface area contributed by atoms with Crippen molar-refractivity contribution in [3.8, 4) is 0 Å². The predicted octanol–water partition coefficient (Wildman–Crippen LogP) is 1.15. The van der Waals surface area contributed by atoms with Crippen molar-refractivity contribution in [3.05, 3.63) is 11.1 Å². The number of nitrogens with two attached hydrogens (primary N) is 1. The summed E-state index contributed by atoms with van der Waals surface area (Å²) in [6.07, 6.45) is 1.75. The monoisotopic (exact) mass is 215 g/mol. The second kappa shape index (κ2) is 5.95. The zero-order valence-electron chi connectivity index (χ0n) is 8.36. The third kappa shape index (κ3) is 3.61. The smallest absolute Gasteiger partial charge is 0.180 e. The molecule has 1 aromatic rings. The first-order valence-electron chi connectivity index (χ1n) is 4.83. The fourth-order valence-corrected chi connectivity index (χ4v) is 1.71. The van der Waals surface area contributed by atoms with E-state index in [1.165, 1.54) is 11.3 Å². The summed E-state index contributed by atoms with van der Waals surface area (Å²) in [5, 5.41) is 15.1. The van der Waals surface area contributed by atoms with E-state index in [-0.39, 0.29) is 0 Å². The third-order valence-electron chi connectivity index (χ3n) is 1.93. The Morgan fingerprint density at radius 3 is 3.07 bits per heavy atom. The molecule has 1 atom stereocenters. The number of aromatic nitrogens is 1. The Morgan fingerprint density at radius 1 is 1.71 bits per heavy atom. The molecule has 0 unspecified atom stereocenters. The molecule has 0 aliphatic rings. The quantitative estimate of drug-likeness (QED) is 0.622. The molecule has 14 heavy (non-hydrogen) atoms. The normalized spacial score (nSPS) is 13.0. The van der Waals surface area contributed by atoms with Crippen molar-refractivity contribution in [2.24, 2.45) is 0 Å². The molecule has 0 bridgehead atoms. The molecular weight excluding hydrogens is 198 g/mol. The largest absolute Gasteiger partial charge is 0.385 e. The lowest BCUT2D eigenvalue weighted by atomic mass is 10.2. The Hall–Kier alpha value is -0.650. The van der Waals surface area contributed by atoms with Crippen LogP contribution in [0.3, 0.4) is 0 Å². The molecule has 0 aliphatic carbocycles. The number of anilines is 1. The molecule has 80 valence electrons. The first-order valence-corrected chi connectivity index (χ1v) is 5.71. The van der Waals surface area contributed by atoms with E-state index < -0.39 is 6.10 Å². The lowest BCUT2D eigenvalue weighted by molar-refractivity contribution is 0.171. The van der Waals surface area contributed by atoms with Crippen LogP contribution in [0.1, 0.15) is 31.6 Å². The van der Waals surface area contributed by atoms with Gasteiger partial charge >= 0.3 is 0 Å². The summed E-state index contributed by atoms with van der Waals surface area (Å²) < 4.78 is 0. The molecule has 0 radical (unpaired) electrons. The number of aliphatic hydroxyl groups is 1. The van der Waals surface area contributed by atoms with Gasteiger partial charge in [0, 0.05) is 11.9 Å². The van der Waals surface area contributed by atoms with E-state index in [0.717, 1.165) is 19.4 Å². The van der Waals surface area contributed by atoms with Gasteiger partial charge in [-0.1, -0.05) is 13.3 Å². The number of hydrogen-bond donors (Lipinski definition) is 3. The lowest BCUT2D eigenvalue weighted by Crippen LogP contribution is -2.22. The Balaban J connectivity index is 2.25. The number of aliphatic hydroxyl groups excluding tert-OH is 1. The average molecular weight is 215 g/mol. The van der Waals surface area contributed by atoms with Crippen LogP contribution < -0.4 is 11.1 Å². The van der Waals surface area contributed by atoms with Crippen LogP contribution in [0.2, 0.25) is 0 Å². The van der Waals surface area contributed by atoms with Gasteiger partial charge in [0.15, 0.2) is 5.13 Å². The number of unbranched alkanes of at least 4 members (excludes halogenated alkanes) is 1. The van der Waals surface area contributed by atoms with E-state index in [1.807, 2.05) is 0 Å². The lowest BCUT2D eigenvalue weighted by Gasteiger charge is -2.08. The second-order valence-electron chi connectivity index (χ2n) is 3.18. The third-order valence-corrected chi connectivity index (χ3v) is 2.62. The van der Waals surface area contributed by atoms with Crippen LogP contribution in [0, 0.1) is 0 Å². The zero-order valence-corrected chi connectivity index (χ0v) is 9.18. The zero-order chi connectivity index (χ0) is 10.4. The highest BCUT2D eigenvalue weighted by molar-refractivity contribution is 7.13. The minimum atomic E-state index is -0.541. The highest BCUT2D eigenvalue weighted by Gasteiger charge is 2.09. The van der Waals surface area contributed by atoms with Crippen LogP contribution >= 0.6 is 11.3 Å². The SMILES string of the molecule is CCCCNC[C@H](O)c1csc(N)n1. The van der Waals surface area contributed by atoms with Crippen molar-refractivity contribution in [3.63, 3.8) is 0 Å². The van der Waals surface area contributed by atoms with E-state index in [4.69, 9.17) is 5.73 Å². The molecule has 1 heterocycles. The minimum absolute atomic E-state index is 0.507. The van der Waals surface area contributed by atoms with Crippen molar-refractivity contribution in [1.29, 1.82) is 0 Å². The number of nitrogens with zero attached hydrogens (tertiary/aromatic N) is 1. The minimum Gasteiger partial charge on any atom is -0.385 e. The maximum absolute atomic E-state index is 9.66. The van der Waals surface area contributed by atoms with Gasteiger partial charge in [0.2, 0.25) is 0 Å². The Morgan fingerprint density at radius 2 is 2.50 bits per heavy atom. The van der Waals surface area contributed by atoms with Crippen molar-refractivity contribution in [1.82, 2.24) is 10.3 Å². The van der Waals surface area contributed by atoms with Crippen LogP contribution in [0.5, 0.6) is 0 Å². The number of nitrogens with one attached hydrogen (secondary N) is 1. The van der Waals surface area contributed by atoms with E-state index in [2.05, 4.69) is 17.2 Å². The predicted molar refractivity (Wildman–Crippen MR) is 59.3 cm³/mol. The summed E-state index contributed by atoms with van der Waals surface area (Å²) in [6.45, 7) is 3.62. The number of rotatable bonds is 6. The van der Waals surface area contributed by atoms with Crippen molar-refractivity contribution in [2.45, 2.75) is 25.9 Å². The van der Waals surface area contributed by atoms with Crippen LogP contribution in [0.4, 0.5) is 5.13 Å². The fourth-order valence-electron chi connectivity index (χ4n) is 1.10. The fraction of sp³-hybridized carbons (Fsp3) is 0.667. The molecule has 4 N–H and O–H groups in total. The summed E-state index contributed by atoms with van der Waals surface area (Å²) in [6, 6.07) is 0. The average Bonchev–Trinajstić information content (AvgIpc) is 2.59. The molecular formula is C9H17N3OS. The first kappa shape index (κ1) is 11.4. The number of thiazole rings is 1. The van der Waals surface area contributed by atoms with Crippen LogP contribution in [0.15, 0.2) is 5.38 Å². The molecule has 0 amide bonds. The standard InChI is InChI=1S/C9H17N3OS/c1-2-3-4-11-5-8(13)7-6-14-9(10)12-7/h6,8,11,13H,2-5H2,1H3,(H2,10,12)/t8-/m0/s1. The molecule has 1 aromatic heterocycles. The van der Waals surface area contributed by atoms with Gasteiger partial charge in [0.25, 0.3) is 0 Å². The summed E-state index contributed by atoms with van der Waals surface area (Å²) in [7, 11) is 0. The van der Waals surface area contributed by atoms with Gasteiger partial charge in [-0.2, -0.15) is 0 Å². The second-order valence-corrected chi connectivity index (χ2v) is 4.07. The molecule has 0 saturated carbocycles. The van der Waals surface area contributed by atoms with E-state index >= 15 is 0 Å². The first-order chi connectivity index (χ1) is 6.74. The van der Waals surface area contributed by atoms with Gasteiger partial charge in [0.1, 0.15) is 6.10 Å². The van der Waals surface area contributed by atoms with Gasteiger partial charge in [0.05, 0.1) is 5.69 Å². The van der Waals surface area contributed by atoms with E-state index in [1.54, 1.807) is 5.38 Å². The van der Waals surface area contributed by atoms with Crippen molar-refractivity contribution in [2.75, 3.05) is 18.8 Å². The van der Waals surface area contributed by atoms with Crippen molar-refractivity contribution >= 4 is 16.5 Å². The van der Waals surface area contributed by atoms with Gasteiger partial charge in [-0.25, -0.2) is 4.98 Å². The van der Waals surface area contributed by atoms with Crippen molar-refractivity contribution < 1.29 is 5.11 Å². The number of nitrogen functional groups attached to an aromatic ring is 1. The topological polar surface area (TPSA) is 71.2 Å². The highest BCUT2D eigenvalue weighted by atomic mass is 32.1. The van der Waals surface area contributed by atoms with Gasteiger partial charge in [-0.15, -0.1) is 11.3 Å². The molecule has 1 rings (SSSR count). The van der Waals surface area contributed by atoms with E-state index in [9.17, 15) is 5.11 Å². The van der Waals surface area contributed by atoms with E-state index in [0.29, 0.717) is 17.4 Å². The molecule has 0 saturated heterocycles. The molecule has 4 nitrogen and oxygen atoms in total. The summed E-state index contributed by atoms with van der Waals surface area (Å²) in [5.41, 5.74) is 6.13. The summed E-state index contributed by atoms with van der Waals surface area (Å²) >= 11 is 1.36. The number of hydrogen-bond acceptors (Lipinski definition) is 5. The van der Waals surface area contributed by atoms with Crippen LogP contribution in [-0.2, 0) is 0 Å². The molecule has 5 heteroatoms. The van der Waals surface area contributed by atoms with Crippen LogP contribution in [0.25, 0.3) is 0 Å². The Kier molecular flexibility index (Phi) is 4.86. The van der Waals surface area contributed by atoms with Gasteiger partial charge in [-0.05, 0) is 13.0 Å². The maximum Gasteiger partial charge on any atom is 0.180 e. The Labute approximate surface area is 88.2 Å². The molecule has 0 aromatic carbocycles. The van der Waals surface area contributed by atoms with Crippen LogP contribution in [-0.4, -0.2) is 23.2 Å². The summed E-state index contributed by atoms with van der Waals surface area (Å²) in [4.78, 5) is 4.02. The molecule has 0 fully saturated rings. The van der Waals surface area contributed by atoms with Gasteiger partial charge < -0.3 is 16.2 Å². The maximum atomic E-state index is 9.66.